The number of hydrogen-bond acceptors (Lipinski definition) is 8. The third-order valence-corrected chi connectivity index (χ3v) is 3.46. The zero-order valence-electron chi connectivity index (χ0n) is 11.4. The van der Waals surface area contributed by atoms with E-state index in [4.69, 9.17) is 15.6 Å². The van der Waals surface area contributed by atoms with Crippen LogP contribution in [0.2, 0.25) is 0 Å². The molecule has 0 radical (unpaired) electrons. The Kier molecular flexibility index (Phi) is 3.34. The van der Waals surface area contributed by atoms with E-state index in [0.29, 0.717) is 5.82 Å². The van der Waals surface area contributed by atoms with Gasteiger partial charge in [0.2, 0.25) is 5.95 Å². The lowest BCUT2D eigenvalue weighted by atomic mass is 10.1. The van der Waals surface area contributed by atoms with Gasteiger partial charge in [0.15, 0.2) is 17.6 Å². The van der Waals surface area contributed by atoms with E-state index in [1.54, 1.807) is 7.05 Å². The topological polar surface area (TPSA) is 142 Å². The van der Waals surface area contributed by atoms with Crippen molar-refractivity contribution >= 4 is 22.9 Å². The molecule has 0 bridgehead atoms. The number of nitrogen functional groups attached to an aromatic ring is 1. The van der Waals surface area contributed by atoms with Crippen LogP contribution in [0.1, 0.15) is 11.9 Å². The van der Waals surface area contributed by atoms with Crippen molar-refractivity contribution in [3.05, 3.63) is 5.82 Å². The average molecular weight is 316 g/mol. The second-order valence-corrected chi connectivity index (χ2v) is 4.86. The van der Waals surface area contributed by atoms with Crippen LogP contribution in [0.15, 0.2) is 0 Å². The number of imidazole rings is 1. The van der Waals surface area contributed by atoms with Crippen molar-refractivity contribution in [2.24, 2.45) is 0 Å². The van der Waals surface area contributed by atoms with Gasteiger partial charge in [0.1, 0.15) is 23.5 Å². The molecule has 9 nitrogen and oxygen atoms in total. The second-order valence-electron chi connectivity index (χ2n) is 4.86. The highest BCUT2D eigenvalue weighted by Crippen LogP contribution is 2.45. The van der Waals surface area contributed by atoms with Crippen LogP contribution < -0.4 is 11.1 Å². The van der Waals surface area contributed by atoms with Gasteiger partial charge >= 0.3 is 5.92 Å². The van der Waals surface area contributed by atoms with Crippen LogP contribution in [-0.4, -0.2) is 61.9 Å². The molecule has 3 rings (SSSR count). The first kappa shape index (κ1) is 14.8. The molecule has 2 aromatic heterocycles. The fraction of sp³-hybridized carbons (Fsp3) is 0.545. The van der Waals surface area contributed by atoms with Gasteiger partial charge in [-0.05, 0) is 0 Å². The number of aromatic nitrogens is 4. The van der Waals surface area contributed by atoms with E-state index in [2.05, 4.69) is 25.3 Å². The lowest BCUT2D eigenvalue weighted by Crippen LogP contribution is -2.38. The van der Waals surface area contributed by atoms with Crippen molar-refractivity contribution in [3.8, 4) is 0 Å². The lowest BCUT2D eigenvalue weighted by Gasteiger charge is -2.17. The second kappa shape index (κ2) is 4.97. The summed E-state index contributed by atoms with van der Waals surface area (Å²) in [5.74, 6) is -3.62. The standard InChI is InChI=1S/C11H14F2N6O3/c1-15-7-4-8(19-10(14)18-7)17-9(16-4)6-11(12,13)5(21)3(2-20)22-6/h3,5-6,20-21H,2H2,1H3,(H4,14,15,16,17,18,19)/t3-,5-,6+/m1/s1. The number of fused-ring (bicyclic) bond motifs is 1. The number of aliphatic hydroxyl groups excluding tert-OH is 2. The quantitative estimate of drug-likeness (QED) is 0.505. The minimum atomic E-state index is -3.61. The number of hydrogen-bond donors (Lipinski definition) is 5. The lowest BCUT2D eigenvalue weighted by molar-refractivity contribution is -0.115. The number of rotatable bonds is 3. The Morgan fingerprint density at radius 2 is 2.14 bits per heavy atom. The van der Waals surface area contributed by atoms with Crippen LogP contribution in [0.5, 0.6) is 0 Å². The highest BCUT2D eigenvalue weighted by atomic mass is 19.3. The maximum absolute atomic E-state index is 14.1. The number of aliphatic hydroxyl groups is 2. The molecule has 1 saturated heterocycles. The predicted molar refractivity (Wildman–Crippen MR) is 71.3 cm³/mol. The maximum Gasteiger partial charge on any atom is 0.308 e. The van der Waals surface area contributed by atoms with Crippen LogP contribution in [0.3, 0.4) is 0 Å². The van der Waals surface area contributed by atoms with Gasteiger partial charge in [0, 0.05) is 7.05 Å². The Morgan fingerprint density at radius 3 is 2.73 bits per heavy atom. The number of halogens is 2. The van der Waals surface area contributed by atoms with Gasteiger partial charge in [-0.25, -0.2) is 13.8 Å². The minimum absolute atomic E-state index is 0.0673. The van der Waals surface area contributed by atoms with Crippen molar-refractivity contribution in [1.82, 2.24) is 19.9 Å². The van der Waals surface area contributed by atoms with Crippen molar-refractivity contribution in [1.29, 1.82) is 0 Å². The normalized spacial score (nSPS) is 27.4. The Bertz CT molecular complexity index is 708. The van der Waals surface area contributed by atoms with E-state index in [-0.39, 0.29) is 22.9 Å². The van der Waals surface area contributed by atoms with E-state index in [0.717, 1.165) is 0 Å². The molecule has 3 heterocycles. The monoisotopic (exact) mass is 316 g/mol. The average Bonchev–Trinajstić information content (AvgIpc) is 2.98. The molecular weight excluding hydrogens is 302 g/mol. The number of nitrogens with zero attached hydrogens (tertiary/aromatic N) is 3. The number of H-pyrrole nitrogens is 1. The van der Waals surface area contributed by atoms with Crippen LogP contribution >= 0.6 is 0 Å². The molecule has 22 heavy (non-hydrogen) atoms. The van der Waals surface area contributed by atoms with E-state index in [9.17, 15) is 13.9 Å². The molecule has 11 heteroatoms. The van der Waals surface area contributed by atoms with Gasteiger partial charge < -0.3 is 31.0 Å². The Hall–Kier alpha value is -2.11. The summed E-state index contributed by atoms with van der Waals surface area (Å²) < 4.78 is 33.2. The van der Waals surface area contributed by atoms with Gasteiger partial charge in [0.25, 0.3) is 0 Å². The molecule has 1 aliphatic heterocycles. The van der Waals surface area contributed by atoms with E-state index in [1.807, 2.05) is 0 Å². The molecule has 2 aromatic rings. The molecule has 0 spiro atoms. The molecule has 120 valence electrons. The first-order valence-electron chi connectivity index (χ1n) is 6.41. The van der Waals surface area contributed by atoms with Gasteiger partial charge in [-0.1, -0.05) is 0 Å². The fourth-order valence-electron chi connectivity index (χ4n) is 2.37. The summed E-state index contributed by atoms with van der Waals surface area (Å²) in [7, 11) is 1.58. The minimum Gasteiger partial charge on any atom is -0.394 e. The number of nitrogens with one attached hydrogen (secondary N) is 2. The molecule has 0 amide bonds. The predicted octanol–water partition coefficient (Wildman–Crippen LogP) is -0.595. The molecule has 0 saturated carbocycles. The SMILES string of the molecule is CNc1nc(N)nc2nc([C@@H]3O[C@H](CO)[C@@H](O)C3(F)F)[nH]c12. The highest BCUT2D eigenvalue weighted by Gasteiger charge is 2.59. The van der Waals surface area contributed by atoms with Crippen molar-refractivity contribution in [2.75, 3.05) is 24.7 Å². The molecule has 1 fully saturated rings. The smallest absolute Gasteiger partial charge is 0.308 e. The van der Waals surface area contributed by atoms with Gasteiger partial charge in [-0.3, -0.25) is 0 Å². The largest absolute Gasteiger partial charge is 0.394 e. The summed E-state index contributed by atoms with van der Waals surface area (Å²) in [5.41, 5.74) is 5.89. The summed E-state index contributed by atoms with van der Waals surface area (Å²) >= 11 is 0. The number of aromatic amines is 1. The maximum atomic E-state index is 14.1. The van der Waals surface area contributed by atoms with Crippen molar-refractivity contribution in [2.45, 2.75) is 24.2 Å². The third kappa shape index (κ3) is 2.05. The zero-order chi connectivity index (χ0) is 16.1. The van der Waals surface area contributed by atoms with Crippen molar-refractivity contribution in [3.63, 3.8) is 0 Å². The number of ether oxygens (including phenoxy) is 1. The summed E-state index contributed by atoms with van der Waals surface area (Å²) in [6.07, 6.45) is -5.36. The molecule has 6 N–H and O–H groups in total. The molecule has 0 unspecified atom stereocenters. The van der Waals surface area contributed by atoms with Crippen molar-refractivity contribution < 1.29 is 23.7 Å². The summed E-state index contributed by atoms with van der Waals surface area (Å²) in [5, 5.41) is 21.3. The molecule has 0 aliphatic carbocycles. The molecular formula is C11H14F2N6O3. The Labute approximate surface area is 122 Å². The first-order chi connectivity index (χ1) is 10.4. The molecule has 1 aliphatic rings. The third-order valence-electron chi connectivity index (χ3n) is 3.46. The number of alkyl halides is 2. The van der Waals surface area contributed by atoms with Gasteiger partial charge in [-0.15, -0.1) is 0 Å². The van der Waals surface area contributed by atoms with Crippen LogP contribution in [-0.2, 0) is 4.74 Å². The Morgan fingerprint density at radius 1 is 1.41 bits per heavy atom. The molecule has 3 atom stereocenters. The number of nitrogens with two attached hydrogens (primary N) is 1. The van der Waals surface area contributed by atoms with E-state index < -0.39 is 30.8 Å². The van der Waals surface area contributed by atoms with E-state index in [1.165, 1.54) is 0 Å². The van der Waals surface area contributed by atoms with Crippen LogP contribution in [0, 0.1) is 0 Å². The van der Waals surface area contributed by atoms with Gasteiger partial charge in [-0.2, -0.15) is 9.97 Å². The van der Waals surface area contributed by atoms with Gasteiger partial charge in [0.05, 0.1) is 6.61 Å². The summed E-state index contributed by atoms with van der Waals surface area (Å²) in [6, 6.07) is 0. The summed E-state index contributed by atoms with van der Waals surface area (Å²) in [4.78, 5) is 14.4. The summed E-state index contributed by atoms with van der Waals surface area (Å²) in [6.45, 7) is -0.734. The zero-order valence-corrected chi connectivity index (χ0v) is 11.4. The van der Waals surface area contributed by atoms with Crippen LogP contribution in [0.25, 0.3) is 11.2 Å². The van der Waals surface area contributed by atoms with Crippen LogP contribution in [0.4, 0.5) is 20.5 Å². The molecule has 0 aromatic carbocycles. The van der Waals surface area contributed by atoms with E-state index >= 15 is 0 Å². The highest BCUT2D eigenvalue weighted by molar-refractivity contribution is 5.83. The Balaban J connectivity index is 2.07. The number of anilines is 2. The fourth-order valence-corrected chi connectivity index (χ4v) is 2.37. The first-order valence-corrected chi connectivity index (χ1v) is 6.41.